The third-order valence-corrected chi connectivity index (χ3v) is 5.58. The van der Waals surface area contributed by atoms with Gasteiger partial charge < -0.3 is 10.6 Å². The van der Waals surface area contributed by atoms with Crippen LogP contribution in [0, 0.1) is 5.92 Å². The third kappa shape index (κ3) is 3.57. The summed E-state index contributed by atoms with van der Waals surface area (Å²) in [6.07, 6.45) is 2.35. The van der Waals surface area contributed by atoms with Gasteiger partial charge in [0.25, 0.3) is 5.91 Å². The molecule has 1 amide bonds. The van der Waals surface area contributed by atoms with Gasteiger partial charge in [-0.25, -0.2) is 4.98 Å². The number of rotatable bonds is 4. The smallest absolute Gasteiger partial charge is 0.252 e. The van der Waals surface area contributed by atoms with Gasteiger partial charge in [-0.1, -0.05) is 24.3 Å². The zero-order valence-electron chi connectivity index (χ0n) is 14.0. The van der Waals surface area contributed by atoms with Gasteiger partial charge in [0.2, 0.25) is 0 Å². The lowest BCUT2D eigenvalue weighted by atomic mass is 9.99. The average Bonchev–Trinajstić information content (AvgIpc) is 3.21. The molecular weight excluding hydrogens is 330 g/mol. The Morgan fingerprint density at radius 3 is 3.00 bits per heavy atom. The minimum Gasteiger partial charge on any atom is -0.352 e. The highest BCUT2D eigenvalue weighted by molar-refractivity contribution is 7.13. The number of carbonyl (C=O) groups is 1. The lowest BCUT2D eigenvalue weighted by Gasteiger charge is -2.23. The molecule has 0 radical (unpaired) electrons. The molecule has 128 valence electrons. The fourth-order valence-corrected chi connectivity index (χ4v) is 4.03. The highest BCUT2D eigenvalue weighted by atomic mass is 32.1. The average molecular weight is 351 g/mol. The highest BCUT2D eigenvalue weighted by Crippen LogP contribution is 2.27. The van der Waals surface area contributed by atoms with E-state index in [1.165, 1.54) is 12.8 Å². The molecule has 5 heteroatoms. The first-order valence-electron chi connectivity index (χ1n) is 8.74. The van der Waals surface area contributed by atoms with Crippen LogP contribution < -0.4 is 10.6 Å². The first-order chi connectivity index (χ1) is 12.3. The van der Waals surface area contributed by atoms with E-state index >= 15 is 0 Å². The second-order valence-corrected chi connectivity index (χ2v) is 7.42. The van der Waals surface area contributed by atoms with E-state index < -0.39 is 0 Å². The van der Waals surface area contributed by atoms with Crippen molar-refractivity contribution in [1.29, 1.82) is 0 Å². The Hall–Kier alpha value is -2.24. The molecule has 25 heavy (non-hydrogen) atoms. The van der Waals surface area contributed by atoms with E-state index in [1.807, 2.05) is 47.8 Å². The van der Waals surface area contributed by atoms with Crippen LogP contribution in [0.3, 0.4) is 0 Å². The molecule has 1 saturated heterocycles. The monoisotopic (exact) mass is 351 g/mol. The Morgan fingerprint density at radius 2 is 2.20 bits per heavy atom. The summed E-state index contributed by atoms with van der Waals surface area (Å²) in [5.74, 6) is 0.504. The molecular formula is C20H21N3OS. The van der Waals surface area contributed by atoms with E-state index in [1.54, 1.807) is 11.3 Å². The molecule has 1 aliphatic heterocycles. The van der Waals surface area contributed by atoms with Crippen LogP contribution in [-0.2, 0) is 0 Å². The number of carbonyl (C=O) groups excluding carboxylic acids is 1. The van der Waals surface area contributed by atoms with Gasteiger partial charge >= 0.3 is 0 Å². The van der Waals surface area contributed by atoms with Crippen LogP contribution in [0.1, 0.15) is 23.2 Å². The Bertz CT molecular complexity index is 870. The molecule has 0 spiro atoms. The molecule has 1 atom stereocenters. The largest absolute Gasteiger partial charge is 0.352 e. The van der Waals surface area contributed by atoms with Crippen LogP contribution in [0.4, 0.5) is 0 Å². The van der Waals surface area contributed by atoms with Gasteiger partial charge in [-0.3, -0.25) is 4.79 Å². The molecule has 1 aliphatic rings. The van der Waals surface area contributed by atoms with E-state index in [0.29, 0.717) is 11.5 Å². The first kappa shape index (κ1) is 16.2. The van der Waals surface area contributed by atoms with Crippen LogP contribution in [0.2, 0.25) is 0 Å². The van der Waals surface area contributed by atoms with Crippen LogP contribution in [0.25, 0.3) is 21.5 Å². The van der Waals surface area contributed by atoms with E-state index in [0.717, 1.165) is 41.1 Å². The fraction of sp³-hybridized carbons (Fsp3) is 0.300. The Kier molecular flexibility index (Phi) is 4.76. The van der Waals surface area contributed by atoms with Crippen molar-refractivity contribution in [2.45, 2.75) is 12.8 Å². The number of aromatic nitrogens is 1. The summed E-state index contributed by atoms with van der Waals surface area (Å²) < 4.78 is 0. The van der Waals surface area contributed by atoms with Crippen LogP contribution >= 0.6 is 11.3 Å². The summed E-state index contributed by atoms with van der Waals surface area (Å²) in [4.78, 5) is 18.7. The SMILES string of the molecule is O=C(NCC1CCCNC1)c1cc(-c2cccs2)nc2ccccc12. The molecule has 2 N–H and O–H groups in total. The molecule has 1 aromatic carbocycles. The standard InChI is InChI=1S/C20H21N3OS/c24-20(22-13-14-5-3-9-21-12-14)16-11-18(19-8-4-10-25-19)23-17-7-2-1-6-15(16)17/h1-2,4,6-8,10-11,14,21H,3,5,9,12-13H2,(H,22,24). The molecule has 0 bridgehead atoms. The quantitative estimate of drug-likeness (QED) is 0.754. The van der Waals surface area contributed by atoms with Gasteiger partial charge in [0.15, 0.2) is 0 Å². The lowest BCUT2D eigenvalue weighted by molar-refractivity contribution is 0.0946. The van der Waals surface area contributed by atoms with Gasteiger partial charge in [0.05, 0.1) is 21.7 Å². The Labute approximate surface area is 151 Å². The third-order valence-electron chi connectivity index (χ3n) is 4.68. The number of hydrogen-bond acceptors (Lipinski definition) is 4. The van der Waals surface area contributed by atoms with E-state index in [-0.39, 0.29) is 5.91 Å². The zero-order valence-corrected chi connectivity index (χ0v) is 14.8. The van der Waals surface area contributed by atoms with Crippen molar-refractivity contribution in [2.75, 3.05) is 19.6 Å². The molecule has 3 heterocycles. The van der Waals surface area contributed by atoms with Crippen molar-refractivity contribution in [3.05, 3.63) is 53.4 Å². The maximum Gasteiger partial charge on any atom is 0.252 e. The molecule has 1 fully saturated rings. The topological polar surface area (TPSA) is 54.0 Å². The second kappa shape index (κ2) is 7.33. The number of para-hydroxylation sites is 1. The van der Waals surface area contributed by atoms with Crippen molar-refractivity contribution in [1.82, 2.24) is 15.6 Å². The number of piperidine rings is 1. The van der Waals surface area contributed by atoms with Crippen molar-refractivity contribution in [3.8, 4) is 10.6 Å². The minimum absolute atomic E-state index is 0.0121. The number of pyridine rings is 1. The van der Waals surface area contributed by atoms with Gasteiger partial charge in [0.1, 0.15) is 0 Å². The molecule has 4 nitrogen and oxygen atoms in total. The van der Waals surface area contributed by atoms with Gasteiger partial charge in [-0.15, -0.1) is 11.3 Å². The normalized spacial score (nSPS) is 17.5. The predicted molar refractivity (Wildman–Crippen MR) is 103 cm³/mol. The van der Waals surface area contributed by atoms with Crippen molar-refractivity contribution in [2.24, 2.45) is 5.92 Å². The van der Waals surface area contributed by atoms with E-state index in [9.17, 15) is 4.79 Å². The summed E-state index contributed by atoms with van der Waals surface area (Å²) in [6, 6.07) is 13.8. The van der Waals surface area contributed by atoms with Crippen LogP contribution in [-0.4, -0.2) is 30.5 Å². The molecule has 2 aromatic heterocycles. The summed E-state index contributed by atoms with van der Waals surface area (Å²) in [5, 5.41) is 9.46. The summed E-state index contributed by atoms with van der Waals surface area (Å²) in [6.45, 7) is 2.79. The van der Waals surface area contributed by atoms with Crippen molar-refractivity contribution >= 4 is 28.1 Å². The second-order valence-electron chi connectivity index (χ2n) is 6.47. The van der Waals surface area contributed by atoms with E-state index in [2.05, 4.69) is 10.6 Å². The van der Waals surface area contributed by atoms with Crippen molar-refractivity contribution < 1.29 is 4.79 Å². The Balaban J connectivity index is 1.63. The van der Waals surface area contributed by atoms with Gasteiger partial charge in [-0.2, -0.15) is 0 Å². The fourth-order valence-electron chi connectivity index (χ4n) is 3.34. The van der Waals surface area contributed by atoms with Gasteiger partial charge in [0, 0.05) is 11.9 Å². The molecule has 1 unspecified atom stereocenters. The maximum absolute atomic E-state index is 12.9. The maximum atomic E-state index is 12.9. The van der Waals surface area contributed by atoms with Gasteiger partial charge in [-0.05, 0) is 55.4 Å². The molecule has 0 aliphatic carbocycles. The number of amides is 1. The Morgan fingerprint density at radius 1 is 1.28 bits per heavy atom. The predicted octanol–water partition coefficient (Wildman–Crippen LogP) is 3.69. The van der Waals surface area contributed by atoms with Crippen LogP contribution in [0.15, 0.2) is 47.8 Å². The number of nitrogens with zero attached hydrogens (tertiary/aromatic N) is 1. The number of hydrogen-bond donors (Lipinski definition) is 2. The number of thiophene rings is 1. The summed E-state index contributed by atoms with van der Waals surface area (Å²) >= 11 is 1.64. The molecule has 4 rings (SSSR count). The van der Waals surface area contributed by atoms with E-state index in [4.69, 9.17) is 4.98 Å². The summed E-state index contributed by atoms with van der Waals surface area (Å²) in [7, 11) is 0. The number of benzene rings is 1. The first-order valence-corrected chi connectivity index (χ1v) is 9.62. The number of fused-ring (bicyclic) bond motifs is 1. The highest BCUT2D eigenvalue weighted by Gasteiger charge is 2.17. The minimum atomic E-state index is -0.0121. The van der Waals surface area contributed by atoms with Crippen LogP contribution in [0.5, 0.6) is 0 Å². The lowest BCUT2D eigenvalue weighted by Crippen LogP contribution is -2.38. The van der Waals surface area contributed by atoms with Crippen molar-refractivity contribution in [3.63, 3.8) is 0 Å². The summed E-state index contributed by atoms with van der Waals surface area (Å²) in [5.41, 5.74) is 2.42. The zero-order chi connectivity index (χ0) is 17.1. The number of nitrogens with one attached hydrogen (secondary N) is 2. The molecule has 0 saturated carbocycles. The molecule has 3 aromatic rings.